The van der Waals surface area contributed by atoms with E-state index in [9.17, 15) is 18.0 Å². The number of nitrogens with zero attached hydrogens (tertiary/aromatic N) is 1. The zero-order chi connectivity index (χ0) is 20.9. The Morgan fingerprint density at radius 2 is 1.96 bits per heavy atom. The molecule has 1 saturated heterocycles. The zero-order valence-electron chi connectivity index (χ0n) is 16.2. The summed E-state index contributed by atoms with van der Waals surface area (Å²) in [6.45, 7) is 4.54. The molecule has 0 saturated carbocycles. The van der Waals surface area contributed by atoms with Gasteiger partial charge in [0.05, 0.1) is 35.8 Å². The number of hydrogen-bond acceptors (Lipinski definition) is 6. The predicted octanol–water partition coefficient (Wildman–Crippen LogP) is 1.82. The molecule has 1 aromatic carbocycles. The van der Waals surface area contributed by atoms with Crippen molar-refractivity contribution in [3.05, 3.63) is 28.8 Å². The molecular weight excluding hydrogens is 408 g/mol. The maximum absolute atomic E-state index is 12.8. The van der Waals surface area contributed by atoms with Gasteiger partial charge in [0.2, 0.25) is 10.0 Å². The number of nitrogens with one attached hydrogen (secondary N) is 1. The molecular formula is C18H25ClN2O6S. The second kappa shape index (κ2) is 9.21. The normalized spacial score (nSPS) is 17.6. The minimum Gasteiger partial charge on any atom is -0.467 e. The van der Waals surface area contributed by atoms with Gasteiger partial charge in [-0.25, -0.2) is 13.2 Å². The van der Waals surface area contributed by atoms with Gasteiger partial charge in [-0.2, -0.15) is 4.31 Å². The Balaban J connectivity index is 2.34. The summed E-state index contributed by atoms with van der Waals surface area (Å²) in [5, 5.41) is 2.72. The molecule has 156 valence electrons. The van der Waals surface area contributed by atoms with Gasteiger partial charge in [-0.05, 0) is 31.5 Å². The lowest BCUT2D eigenvalue weighted by Crippen LogP contribution is -2.52. The van der Waals surface area contributed by atoms with Crippen LogP contribution in [-0.4, -0.2) is 63.6 Å². The minimum absolute atomic E-state index is 0.0257. The van der Waals surface area contributed by atoms with Crippen molar-refractivity contribution in [3.63, 3.8) is 0 Å². The van der Waals surface area contributed by atoms with E-state index in [0.717, 1.165) is 0 Å². The van der Waals surface area contributed by atoms with Gasteiger partial charge in [-0.3, -0.25) is 4.79 Å². The summed E-state index contributed by atoms with van der Waals surface area (Å²) in [7, 11) is -2.55. The van der Waals surface area contributed by atoms with E-state index in [1.165, 1.54) is 29.6 Å². The fraction of sp³-hybridized carbons (Fsp3) is 0.556. The first kappa shape index (κ1) is 22.6. The molecule has 0 aromatic heterocycles. The third-order valence-electron chi connectivity index (χ3n) is 4.57. The van der Waals surface area contributed by atoms with Gasteiger partial charge < -0.3 is 14.8 Å². The van der Waals surface area contributed by atoms with Gasteiger partial charge in [-0.1, -0.05) is 24.9 Å². The second-order valence-corrected chi connectivity index (χ2v) is 9.03. The Morgan fingerprint density at radius 3 is 2.54 bits per heavy atom. The molecule has 1 aliphatic rings. The van der Waals surface area contributed by atoms with Crippen molar-refractivity contribution in [1.29, 1.82) is 0 Å². The van der Waals surface area contributed by atoms with Gasteiger partial charge in [-0.15, -0.1) is 0 Å². The fourth-order valence-corrected chi connectivity index (χ4v) is 4.67. The van der Waals surface area contributed by atoms with Crippen molar-refractivity contribution < 1.29 is 27.5 Å². The van der Waals surface area contributed by atoms with Crippen LogP contribution in [0.2, 0.25) is 5.02 Å². The molecule has 1 heterocycles. The molecule has 0 spiro atoms. The number of hydrogen-bond donors (Lipinski definition) is 1. The lowest BCUT2D eigenvalue weighted by atomic mass is 9.95. The lowest BCUT2D eigenvalue weighted by Gasteiger charge is -2.28. The maximum Gasteiger partial charge on any atom is 0.331 e. The number of morpholine rings is 1. The molecule has 2 rings (SSSR count). The monoisotopic (exact) mass is 432 g/mol. The highest BCUT2D eigenvalue weighted by Crippen LogP contribution is 2.25. The van der Waals surface area contributed by atoms with Crippen molar-refractivity contribution in [1.82, 2.24) is 9.62 Å². The molecule has 1 aromatic rings. The molecule has 1 fully saturated rings. The van der Waals surface area contributed by atoms with E-state index in [2.05, 4.69) is 5.32 Å². The smallest absolute Gasteiger partial charge is 0.331 e. The summed E-state index contributed by atoms with van der Waals surface area (Å²) in [5.41, 5.74) is -1.27. The molecule has 1 amide bonds. The molecule has 0 bridgehead atoms. The van der Waals surface area contributed by atoms with Crippen LogP contribution in [-0.2, 0) is 24.3 Å². The van der Waals surface area contributed by atoms with E-state index in [1.807, 2.05) is 6.92 Å². The fourth-order valence-electron chi connectivity index (χ4n) is 3.03. The maximum atomic E-state index is 12.8. The van der Waals surface area contributed by atoms with Crippen LogP contribution in [0, 0.1) is 0 Å². The van der Waals surface area contributed by atoms with Crippen molar-refractivity contribution in [2.75, 3.05) is 33.4 Å². The predicted molar refractivity (Wildman–Crippen MR) is 104 cm³/mol. The Morgan fingerprint density at radius 1 is 1.32 bits per heavy atom. The zero-order valence-corrected chi connectivity index (χ0v) is 17.7. The van der Waals surface area contributed by atoms with Gasteiger partial charge >= 0.3 is 5.97 Å². The second-order valence-electron chi connectivity index (χ2n) is 6.69. The largest absolute Gasteiger partial charge is 0.467 e. The number of halogens is 1. The first-order valence-electron chi connectivity index (χ1n) is 8.94. The number of ether oxygens (including phenoxy) is 2. The topological polar surface area (TPSA) is 102 Å². The van der Waals surface area contributed by atoms with Crippen LogP contribution in [0.5, 0.6) is 0 Å². The standard InChI is InChI=1S/C18H25ClN2O6S/c1-4-7-18(2,17(23)26-3)20-16(22)14-12-13(5-6-15(14)19)28(24,25)21-8-10-27-11-9-21/h5-6,12H,4,7-11H2,1-3H3,(H,20,22). The van der Waals surface area contributed by atoms with E-state index < -0.39 is 27.4 Å². The van der Waals surface area contributed by atoms with Crippen LogP contribution in [0.4, 0.5) is 0 Å². The van der Waals surface area contributed by atoms with Crippen LogP contribution >= 0.6 is 11.6 Å². The van der Waals surface area contributed by atoms with Crippen LogP contribution in [0.25, 0.3) is 0 Å². The van der Waals surface area contributed by atoms with Crippen LogP contribution < -0.4 is 5.32 Å². The average Bonchev–Trinajstić information content (AvgIpc) is 2.68. The van der Waals surface area contributed by atoms with Crippen LogP contribution in [0.3, 0.4) is 0 Å². The van der Waals surface area contributed by atoms with Gasteiger partial charge in [0.1, 0.15) is 5.54 Å². The number of carbonyl (C=O) groups is 2. The van der Waals surface area contributed by atoms with E-state index in [-0.39, 0.29) is 28.6 Å². The Hall–Kier alpha value is -1.68. The van der Waals surface area contributed by atoms with E-state index in [0.29, 0.717) is 26.1 Å². The molecule has 0 radical (unpaired) electrons. The van der Waals surface area contributed by atoms with Gasteiger partial charge in [0.15, 0.2) is 0 Å². The number of methoxy groups -OCH3 is 1. The number of sulfonamides is 1. The summed E-state index contributed by atoms with van der Waals surface area (Å²) < 4.78 is 37.0. The summed E-state index contributed by atoms with van der Waals surface area (Å²) >= 11 is 6.14. The molecule has 28 heavy (non-hydrogen) atoms. The van der Waals surface area contributed by atoms with Gasteiger partial charge in [0.25, 0.3) is 5.91 Å². The first-order valence-corrected chi connectivity index (χ1v) is 10.8. The van der Waals surface area contributed by atoms with Gasteiger partial charge in [0, 0.05) is 13.1 Å². The van der Waals surface area contributed by atoms with Crippen molar-refractivity contribution >= 4 is 33.5 Å². The number of amides is 1. The third-order valence-corrected chi connectivity index (χ3v) is 6.79. The summed E-state index contributed by atoms with van der Waals surface area (Å²) in [6.07, 6.45) is 0.986. The van der Waals surface area contributed by atoms with E-state index in [4.69, 9.17) is 21.1 Å². The quantitative estimate of drug-likeness (QED) is 0.659. The number of esters is 1. The molecule has 8 nitrogen and oxygen atoms in total. The highest BCUT2D eigenvalue weighted by molar-refractivity contribution is 7.89. The van der Waals surface area contributed by atoms with Crippen LogP contribution in [0.15, 0.2) is 23.1 Å². The summed E-state index contributed by atoms with van der Waals surface area (Å²) in [4.78, 5) is 24.9. The SMILES string of the molecule is CCCC(C)(NC(=O)c1cc(S(=O)(=O)N2CCOCC2)ccc1Cl)C(=O)OC. The van der Waals surface area contributed by atoms with Crippen molar-refractivity contribution in [2.24, 2.45) is 0 Å². The molecule has 1 atom stereocenters. The van der Waals surface area contributed by atoms with Crippen molar-refractivity contribution in [2.45, 2.75) is 37.1 Å². The Labute approximate surface area is 170 Å². The molecule has 1 unspecified atom stereocenters. The molecule has 0 aliphatic carbocycles. The molecule has 10 heteroatoms. The lowest BCUT2D eigenvalue weighted by molar-refractivity contribution is -0.147. The highest BCUT2D eigenvalue weighted by Gasteiger charge is 2.36. The number of benzene rings is 1. The number of carbonyl (C=O) groups excluding carboxylic acids is 2. The van der Waals surface area contributed by atoms with E-state index in [1.54, 1.807) is 6.92 Å². The first-order chi connectivity index (χ1) is 13.2. The van der Waals surface area contributed by atoms with E-state index >= 15 is 0 Å². The van der Waals surface area contributed by atoms with Crippen LogP contribution in [0.1, 0.15) is 37.0 Å². The third kappa shape index (κ3) is 4.83. The Bertz CT molecular complexity index is 838. The average molecular weight is 433 g/mol. The molecule has 1 aliphatic heterocycles. The summed E-state index contributed by atoms with van der Waals surface area (Å²) in [6, 6.07) is 3.95. The highest BCUT2D eigenvalue weighted by atomic mass is 35.5. The summed E-state index contributed by atoms with van der Waals surface area (Å²) in [5.74, 6) is -1.23. The molecule has 1 N–H and O–H groups in total. The number of rotatable bonds is 7. The van der Waals surface area contributed by atoms with Crippen molar-refractivity contribution in [3.8, 4) is 0 Å². The Kier molecular flexibility index (Phi) is 7.44. The minimum atomic E-state index is -3.79.